The van der Waals surface area contributed by atoms with Crippen molar-refractivity contribution in [2.75, 3.05) is 30.9 Å². The van der Waals surface area contributed by atoms with Crippen molar-refractivity contribution >= 4 is 16.7 Å². The van der Waals surface area contributed by atoms with E-state index in [1.54, 1.807) is 12.5 Å². The lowest BCUT2D eigenvalue weighted by atomic mass is 10.1. The average molecular weight is 435 g/mol. The van der Waals surface area contributed by atoms with Gasteiger partial charge in [-0.05, 0) is 48.1 Å². The summed E-state index contributed by atoms with van der Waals surface area (Å²) in [5, 5.41) is 0. The Morgan fingerprint density at radius 3 is 2.29 bits per heavy atom. The van der Waals surface area contributed by atoms with E-state index in [9.17, 15) is 4.21 Å². The summed E-state index contributed by atoms with van der Waals surface area (Å²) >= 11 is 0. The van der Waals surface area contributed by atoms with E-state index in [4.69, 9.17) is 4.74 Å². The smallest absolute Gasteiger partial charge is 0.225 e. The van der Waals surface area contributed by atoms with Gasteiger partial charge >= 0.3 is 0 Å². The van der Waals surface area contributed by atoms with Crippen molar-refractivity contribution in [1.82, 2.24) is 15.0 Å². The van der Waals surface area contributed by atoms with Crippen LogP contribution in [0.3, 0.4) is 0 Å². The van der Waals surface area contributed by atoms with Crippen LogP contribution in [0.1, 0.15) is 12.5 Å². The highest BCUT2D eigenvalue weighted by Crippen LogP contribution is 2.52. The number of ether oxygens (including phenoxy) is 1. The molecule has 2 aromatic heterocycles. The Kier molecular flexibility index (Phi) is 5.44. The highest BCUT2D eigenvalue weighted by molar-refractivity contribution is 7.84. The Hall–Kier alpha value is -2.80. The molecule has 2 fully saturated rings. The van der Waals surface area contributed by atoms with Crippen LogP contribution in [0.4, 0.5) is 5.95 Å². The largest absolute Gasteiger partial charge is 0.492 e. The number of nitrogens with zero attached hydrogens (tertiary/aromatic N) is 4. The molecule has 7 heteroatoms. The van der Waals surface area contributed by atoms with E-state index in [2.05, 4.69) is 26.8 Å². The lowest BCUT2D eigenvalue weighted by molar-refractivity contribution is 0.282. The molecule has 3 unspecified atom stereocenters. The zero-order valence-electron chi connectivity index (χ0n) is 17.8. The SMILES string of the molecule is CCc1cnc(N2CC3C(COc4ccc(-c5ccc(S(C)=O)cc5)nc4)C3C2)nc1. The predicted molar refractivity (Wildman–Crippen MR) is 122 cm³/mol. The molecular formula is C24H26N4O2S. The van der Waals surface area contributed by atoms with Gasteiger partial charge in [-0.25, -0.2) is 9.97 Å². The molecular weight excluding hydrogens is 408 g/mol. The number of pyridine rings is 1. The predicted octanol–water partition coefficient (Wildman–Crippen LogP) is 3.60. The minimum atomic E-state index is -0.966. The van der Waals surface area contributed by atoms with E-state index in [0.29, 0.717) is 17.8 Å². The van der Waals surface area contributed by atoms with E-state index in [0.717, 1.165) is 54.0 Å². The molecule has 31 heavy (non-hydrogen) atoms. The fraction of sp³-hybridized carbons (Fsp3) is 0.375. The van der Waals surface area contributed by atoms with Gasteiger partial charge in [0, 0.05) is 58.9 Å². The molecule has 1 saturated heterocycles. The first-order chi connectivity index (χ1) is 15.1. The lowest BCUT2D eigenvalue weighted by Gasteiger charge is -2.19. The number of aryl methyl sites for hydroxylation is 1. The summed E-state index contributed by atoms with van der Waals surface area (Å²) in [4.78, 5) is 16.7. The van der Waals surface area contributed by atoms with Gasteiger partial charge in [-0.1, -0.05) is 19.1 Å². The molecule has 1 aliphatic heterocycles. The van der Waals surface area contributed by atoms with Crippen LogP contribution >= 0.6 is 0 Å². The van der Waals surface area contributed by atoms with Crippen molar-refractivity contribution in [1.29, 1.82) is 0 Å². The van der Waals surface area contributed by atoms with Crippen molar-refractivity contribution in [3.8, 4) is 17.0 Å². The average Bonchev–Trinajstić information content (AvgIpc) is 3.26. The summed E-state index contributed by atoms with van der Waals surface area (Å²) in [5.41, 5.74) is 3.06. The van der Waals surface area contributed by atoms with Crippen LogP contribution in [0.5, 0.6) is 5.75 Å². The van der Waals surface area contributed by atoms with Gasteiger partial charge in [-0.2, -0.15) is 0 Å². The number of hydrogen-bond acceptors (Lipinski definition) is 6. The summed E-state index contributed by atoms with van der Waals surface area (Å²) in [5.74, 6) is 3.60. The van der Waals surface area contributed by atoms with Crippen LogP contribution in [0, 0.1) is 17.8 Å². The number of piperidine rings is 1. The Morgan fingerprint density at radius 2 is 1.71 bits per heavy atom. The molecule has 3 aromatic rings. The fourth-order valence-electron chi connectivity index (χ4n) is 4.40. The summed E-state index contributed by atoms with van der Waals surface area (Å²) in [6.45, 7) is 4.88. The molecule has 1 aliphatic carbocycles. The van der Waals surface area contributed by atoms with Gasteiger partial charge in [0.25, 0.3) is 0 Å². The lowest BCUT2D eigenvalue weighted by Crippen LogP contribution is -2.27. The molecule has 0 amide bonds. The number of anilines is 1. The van der Waals surface area contributed by atoms with Crippen LogP contribution in [0.25, 0.3) is 11.3 Å². The second kappa shape index (κ2) is 8.38. The molecule has 0 bridgehead atoms. The zero-order valence-corrected chi connectivity index (χ0v) is 18.6. The maximum absolute atomic E-state index is 11.5. The Balaban J connectivity index is 1.12. The zero-order chi connectivity index (χ0) is 21.4. The summed E-state index contributed by atoms with van der Waals surface area (Å²) in [6, 6.07) is 11.6. The second-order valence-corrected chi connectivity index (χ2v) is 9.69. The van der Waals surface area contributed by atoms with E-state index >= 15 is 0 Å². The van der Waals surface area contributed by atoms with Gasteiger partial charge in [0.05, 0.1) is 18.5 Å². The molecule has 2 aliphatic rings. The van der Waals surface area contributed by atoms with E-state index in [1.807, 2.05) is 48.8 Å². The molecule has 0 spiro atoms. The number of fused-ring (bicyclic) bond motifs is 1. The van der Waals surface area contributed by atoms with Crippen LogP contribution in [-0.4, -0.2) is 45.1 Å². The number of rotatable bonds is 7. The first-order valence-corrected chi connectivity index (χ1v) is 12.3. The van der Waals surface area contributed by atoms with Crippen LogP contribution in [0.15, 0.2) is 59.9 Å². The maximum Gasteiger partial charge on any atom is 0.225 e. The molecule has 5 rings (SSSR count). The molecule has 6 nitrogen and oxygen atoms in total. The van der Waals surface area contributed by atoms with E-state index in [-0.39, 0.29) is 0 Å². The van der Waals surface area contributed by atoms with E-state index < -0.39 is 10.8 Å². The Bertz CT molecular complexity index is 1060. The number of aromatic nitrogens is 3. The van der Waals surface area contributed by atoms with Crippen molar-refractivity contribution in [3.63, 3.8) is 0 Å². The molecule has 3 atom stereocenters. The Labute approximate surface area is 185 Å². The monoisotopic (exact) mass is 434 g/mol. The molecule has 0 N–H and O–H groups in total. The number of benzene rings is 1. The maximum atomic E-state index is 11.5. The van der Waals surface area contributed by atoms with Crippen molar-refractivity contribution < 1.29 is 8.95 Å². The highest BCUT2D eigenvalue weighted by Gasteiger charge is 2.56. The highest BCUT2D eigenvalue weighted by atomic mass is 32.2. The summed E-state index contributed by atoms with van der Waals surface area (Å²) < 4.78 is 17.6. The molecule has 1 saturated carbocycles. The summed E-state index contributed by atoms with van der Waals surface area (Å²) in [7, 11) is -0.966. The third-order valence-corrected chi connectivity index (χ3v) is 7.35. The van der Waals surface area contributed by atoms with Gasteiger partial charge in [0.15, 0.2) is 0 Å². The van der Waals surface area contributed by atoms with Crippen LogP contribution in [-0.2, 0) is 17.2 Å². The first kappa shape index (κ1) is 20.1. The Morgan fingerprint density at radius 1 is 1.00 bits per heavy atom. The summed E-state index contributed by atoms with van der Waals surface area (Å²) in [6.07, 6.45) is 8.30. The van der Waals surface area contributed by atoms with Gasteiger partial charge in [0.2, 0.25) is 5.95 Å². The third kappa shape index (κ3) is 4.19. The fourth-order valence-corrected chi connectivity index (χ4v) is 4.92. The molecule has 160 valence electrons. The quantitative estimate of drug-likeness (QED) is 0.566. The van der Waals surface area contributed by atoms with Crippen molar-refractivity contribution in [3.05, 3.63) is 60.6 Å². The third-order valence-electron chi connectivity index (χ3n) is 6.41. The number of hydrogen-bond donors (Lipinski definition) is 0. The van der Waals surface area contributed by atoms with Gasteiger partial charge in [-0.15, -0.1) is 0 Å². The van der Waals surface area contributed by atoms with Crippen molar-refractivity contribution in [2.24, 2.45) is 17.8 Å². The molecule has 0 radical (unpaired) electrons. The molecule has 1 aromatic carbocycles. The first-order valence-electron chi connectivity index (χ1n) is 10.7. The normalized spacial score (nSPS) is 22.8. The second-order valence-electron chi connectivity index (χ2n) is 8.31. The van der Waals surface area contributed by atoms with Crippen LogP contribution in [0.2, 0.25) is 0 Å². The van der Waals surface area contributed by atoms with E-state index in [1.165, 1.54) is 5.56 Å². The van der Waals surface area contributed by atoms with Crippen molar-refractivity contribution in [2.45, 2.75) is 18.2 Å². The standard InChI is InChI=1S/C24H26N4O2S/c1-3-16-10-26-24(27-11-16)28-13-20-21(14-28)22(20)15-30-18-6-9-23(25-12-18)17-4-7-19(8-5-17)31(2)29/h4-12,20-22H,3,13-15H2,1-2H3. The van der Waals surface area contributed by atoms with Gasteiger partial charge < -0.3 is 9.64 Å². The minimum absolute atomic E-state index is 0.605. The molecule has 3 heterocycles. The van der Waals surface area contributed by atoms with Gasteiger partial charge in [0.1, 0.15) is 5.75 Å². The minimum Gasteiger partial charge on any atom is -0.492 e. The van der Waals surface area contributed by atoms with Gasteiger partial charge in [-0.3, -0.25) is 9.19 Å². The topological polar surface area (TPSA) is 68.2 Å². The van der Waals surface area contributed by atoms with Crippen LogP contribution < -0.4 is 9.64 Å².